The summed E-state index contributed by atoms with van der Waals surface area (Å²) < 4.78 is 13.2. The van der Waals surface area contributed by atoms with Gasteiger partial charge in [0.1, 0.15) is 11.4 Å². The molecule has 1 aliphatic heterocycles. The highest BCUT2D eigenvalue weighted by atomic mass is 32.2. The lowest BCUT2D eigenvalue weighted by atomic mass is 9.83. The van der Waals surface area contributed by atoms with Crippen molar-refractivity contribution in [1.82, 2.24) is 0 Å². The van der Waals surface area contributed by atoms with E-state index < -0.39 is 0 Å². The van der Waals surface area contributed by atoms with Crippen LogP contribution in [0.3, 0.4) is 0 Å². The number of thioether (sulfide) groups is 1. The molecule has 3 fully saturated rings. The number of benzene rings is 1. The van der Waals surface area contributed by atoms with Crippen LogP contribution in [0.4, 0.5) is 0 Å². The zero-order chi connectivity index (χ0) is 15.6. The largest absolute Gasteiger partial charge is 0.463 e. The van der Waals surface area contributed by atoms with Crippen molar-refractivity contribution in [3.63, 3.8) is 0 Å². The van der Waals surface area contributed by atoms with Gasteiger partial charge < -0.3 is 9.47 Å². The smallest absolute Gasteiger partial charge is 0.211 e. The Labute approximate surface area is 143 Å². The molecule has 1 aromatic rings. The first kappa shape index (κ1) is 15.6. The van der Waals surface area contributed by atoms with Crippen LogP contribution >= 0.6 is 11.8 Å². The molecule has 0 aromatic heterocycles. The second-order valence-electron chi connectivity index (χ2n) is 7.14. The summed E-state index contributed by atoms with van der Waals surface area (Å²) in [6, 6.07) is 10.5. The molecule has 0 unspecified atom stereocenters. The highest BCUT2D eigenvalue weighted by Crippen LogP contribution is 2.53. The normalized spacial score (nSPS) is 27.4. The Bertz CT molecular complexity index is 554. The fourth-order valence-corrected chi connectivity index (χ4v) is 5.06. The topological polar surface area (TPSA) is 18.5 Å². The highest BCUT2D eigenvalue weighted by Gasteiger charge is 2.54. The first-order chi connectivity index (χ1) is 11.3. The summed E-state index contributed by atoms with van der Waals surface area (Å²) >= 11 is 1.77. The summed E-state index contributed by atoms with van der Waals surface area (Å²) in [5.41, 5.74) is -0.141. The highest BCUT2D eigenvalue weighted by molar-refractivity contribution is 8.02. The van der Waals surface area contributed by atoms with Crippen molar-refractivity contribution in [3.8, 4) is 0 Å². The molecular weight excluding hydrogens is 304 g/mol. The molecule has 4 rings (SSSR count). The summed E-state index contributed by atoms with van der Waals surface area (Å²) in [7, 11) is 0. The SMILES string of the molecule is C(/Sc1ccccc1)=C1/OC2(CCCCC2)OC12CCCCC2. The first-order valence-corrected chi connectivity index (χ1v) is 10.00. The van der Waals surface area contributed by atoms with Crippen molar-refractivity contribution in [1.29, 1.82) is 0 Å². The Morgan fingerprint density at radius 3 is 2.17 bits per heavy atom. The molecule has 0 amide bonds. The molecule has 1 aromatic carbocycles. The zero-order valence-corrected chi connectivity index (χ0v) is 14.6. The summed E-state index contributed by atoms with van der Waals surface area (Å²) in [4.78, 5) is 1.26. The summed E-state index contributed by atoms with van der Waals surface area (Å²) in [5, 5.41) is 2.23. The van der Waals surface area contributed by atoms with Gasteiger partial charge in [-0.05, 0) is 37.8 Å². The van der Waals surface area contributed by atoms with Crippen LogP contribution in [0.1, 0.15) is 64.2 Å². The van der Waals surface area contributed by atoms with E-state index in [1.165, 1.54) is 43.4 Å². The zero-order valence-electron chi connectivity index (χ0n) is 13.8. The van der Waals surface area contributed by atoms with Crippen LogP contribution < -0.4 is 0 Å². The predicted molar refractivity (Wildman–Crippen MR) is 94.2 cm³/mol. The van der Waals surface area contributed by atoms with E-state index in [0.717, 1.165) is 31.4 Å². The number of hydrogen-bond donors (Lipinski definition) is 0. The second-order valence-corrected chi connectivity index (χ2v) is 8.09. The van der Waals surface area contributed by atoms with Gasteiger partial charge in [-0.3, -0.25) is 0 Å². The molecule has 0 atom stereocenters. The van der Waals surface area contributed by atoms with Crippen molar-refractivity contribution < 1.29 is 9.47 Å². The fraction of sp³-hybridized carbons (Fsp3) is 0.600. The van der Waals surface area contributed by atoms with Crippen molar-refractivity contribution in [3.05, 3.63) is 41.5 Å². The molecule has 1 heterocycles. The minimum absolute atomic E-state index is 0.141. The Kier molecular flexibility index (Phi) is 4.42. The van der Waals surface area contributed by atoms with Crippen molar-refractivity contribution in [2.75, 3.05) is 0 Å². The maximum atomic E-state index is 6.72. The van der Waals surface area contributed by atoms with Gasteiger partial charge in [0.05, 0.1) is 0 Å². The van der Waals surface area contributed by atoms with E-state index in [-0.39, 0.29) is 11.4 Å². The van der Waals surface area contributed by atoms with E-state index in [4.69, 9.17) is 9.47 Å². The third-order valence-electron chi connectivity index (χ3n) is 5.45. The van der Waals surface area contributed by atoms with Crippen LogP contribution in [0, 0.1) is 0 Å². The molecule has 2 nitrogen and oxygen atoms in total. The van der Waals surface area contributed by atoms with Gasteiger partial charge in [-0.2, -0.15) is 0 Å². The van der Waals surface area contributed by atoms with Crippen LogP contribution in [0.5, 0.6) is 0 Å². The van der Waals surface area contributed by atoms with Crippen molar-refractivity contribution in [2.45, 2.75) is 80.5 Å². The summed E-state index contributed by atoms with van der Waals surface area (Å²) in [6.07, 6.45) is 12.0. The lowest BCUT2D eigenvalue weighted by Gasteiger charge is -2.35. The van der Waals surface area contributed by atoms with Gasteiger partial charge in [0.15, 0.2) is 0 Å². The van der Waals surface area contributed by atoms with Crippen LogP contribution in [0.25, 0.3) is 0 Å². The average Bonchev–Trinajstić information content (AvgIpc) is 2.87. The molecule has 2 saturated carbocycles. The van der Waals surface area contributed by atoms with Crippen LogP contribution in [-0.4, -0.2) is 11.4 Å². The van der Waals surface area contributed by atoms with Gasteiger partial charge >= 0.3 is 0 Å². The monoisotopic (exact) mass is 330 g/mol. The van der Waals surface area contributed by atoms with Crippen LogP contribution in [0.2, 0.25) is 0 Å². The molecule has 0 bridgehead atoms. The van der Waals surface area contributed by atoms with Gasteiger partial charge in [0.25, 0.3) is 0 Å². The Hall–Kier alpha value is -0.930. The van der Waals surface area contributed by atoms with Crippen LogP contribution in [-0.2, 0) is 9.47 Å². The number of hydrogen-bond acceptors (Lipinski definition) is 3. The molecule has 2 aliphatic carbocycles. The van der Waals surface area contributed by atoms with Gasteiger partial charge in [-0.15, -0.1) is 0 Å². The Morgan fingerprint density at radius 2 is 1.48 bits per heavy atom. The lowest BCUT2D eigenvalue weighted by molar-refractivity contribution is -0.207. The van der Waals surface area contributed by atoms with Gasteiger partial charge in [0, 0.05) is 23.1 Å². The molecule has 23 heavy (non-hydrogen) atoms. The van der Waals surface area contributed by atoms with E-state index >= 15 is 0 Å². The molecule has 1 saturated heterocycles. The van der Waals surface area contributed by atoms with E-state index in [0.29, 0.717) is 0 Å². The fourth-order valence-electron chi connectivity index (χ4n) is 4.24. The number of rotatable bonds is 2. The van der Waals surface area contributed by atoms with E-state index in [1.807, 2.05) is 0 Å². The molecule has 2 spiro atoms. The Balaban J connectivity index is 1.59. The summed E-state index contributed by atoms with van der Waals surface area (Å²) in [5.74, 6) is 0.784. The maximum Gasteiger partial charge on any atom is 0.211 e. The third kappa shape index (κ3) is 3.18. The number of ether oxygens (including phenoxy) is 2. The minimum Gasteiger partial charge on any atom is -0.463 e. The molecule has 0 radical (unpaired) electrons. The average molecular weight is 330 g/mol. The van der Waals surface area contributed by atoms with E-state index in [2.05, 4.69) is 35.7 Å². The van der Waals surface area contributed by atoms with Gasteiger partial charge in [-0.1, -0.05) is 55.6 Å². The first-order valence-electron chi connectivity index (χ1n) is 9.12. The standard InChI is InChI=1S/C20H26O2S/c1-4-10-17(11-5-1)23-16-18-19(12-6-2-7-13-19)22-20(21-18)14-8-3-9-15-20/h1,4-5,10-11,16H,2-3,6-9,12-15H2/b18-16-. The van der Waals surface area contributed by atoms with Crippen molar-refractivity contribution in [2.24, 2.45) is 0 Å². The Morgan fingerprint density at radius 1 is 0.826 bits per heavy atom. The van der Waals surface area contributed by atoms with Crippen LogP contribution in [0.15, 0.2) is 46.4 Å². The maximum absolute atomic E-state index is 6.72. The molecule has 124 valence electrons. The van der Waals surface area contributed by atoms with Crippen molar-refractivity contribution >= 4 is 11.8 Å². The molecule has 3 aliphatic rings. The van der Waals surface area contributed by atoms with Gasteiger partial charge in [-0.25, -0.2) is 0 Å². The van der Waals surface area contributed by atoms with E-state index in [1.54, 1.807) is 11.8 Å². The second kappa shape index (κ2) is 6.52. The molecular formula is C20H26O2S. The lowest BCUT2D eigenvalue weighted by Crippen LogP contribution is -2.39. The minimum atomic E-state index is -0.321. The third-order valence-corrected chi connectivity index (χ3v) is 6.32. The molecule has 0 N–H and O–H groups in total. The van der Waals surface area contributed by atoms with E-state index in [9.17, 15) is 0 Å². The van der Waals surface area contributed by atoms with Gasteiger partial charge in [0.2, 0.25) is 5.79 Å². The molecule has 3 heteroatoms. The predicted octanol–water partition coefficient (Wildman–Crippen LogP) is 6.03. The quantitative estimate of drug-likeness (QED) is 0.617. The summed E-state index contributed by atoms with van der Waals surface area (Å²) in [6.45, 7) is 0.